The summed E-state index contributed by atoms with van der Waals surface area (Å²) in [4.78, 5) is 0. The van der Waals surface area contributed by atoms with E-state index in [1.165, 1.54) is 33.9 Å². The summed E-state index contributed by atoms with van der Waals surface area (Å²) in [6, 6.07) is 27.3. The summed E-state index contributed by atoms with van der Waals surface area (Å²) in [5.41, 5.74) is 3.09. The average Bonchev–Trinajstić information content (AvgIpc) is 3.18. The number of fused-ring (bicyclic) bond motifs is 3. The number of hydrogen-bond acceptors (Lipinski definition) is 2. The second kappa shape index (κ2) is 10.1. The molecule has 7 heteroatoms. The van der Waals surface area contributed by atoms with Gasteiger partial charge in [-0.1, -0.05) is 54.9 Å². The van der Waals surface area contributed by atoms with E-state index in [0.717, 1.165) is 20.8 Å². The van der Waals surface area contributed by atoms with Crippen LogP contribution in [0.25, 0.3) is 21.8 Å². The number of aryl methyl sites for hydroxylation is 1. The van der Waals surface area contributed by atoms with E-state index >= 15 is 0 Å². The standard InChI is InChI=1S/C30H28Br2FN2OP/c1-5-35-27-9-7-6-8-24(27)25-19-23(15-16-28(25)35)37(30(2,3)4,34-22-13-11-21(33)12-14-22)36-29-17-10-20(31)18-26(29)32/h6-19H,5H2,1-4H3/t37-/m1/s1. The predicted molar refractivity (Wildman–Crippen MR) is 162 cm³/mol. The third-order valence-corrected chi connectivity index (χ3v) is 11.4. The molecule has 1 atom stereocenters. The molecule has 4 aromatic carbocycles. The number of nitrogens with zero attached hydrogens (tertiary/aromatic N) is 2. The van der Waals surface area contributed by atoms with Gasteiger partial charge in [0.2, 0.25) is 0 Å². The fourth-order valence-corrected chi connectivity index (χ4v) is 9.08. The van der Waals surface area contributed by atoms with Crippen molar-refractivity contribution in [2.75, 3.05) is 0 Å². The van der Waals surface area contributed by atoms with Crippen LogP contribution in [0.3, 0.4) is 0 Å². The smallest absolute Gasteiger partial charge is 0.173 e. The number of rotatable bonds is 5. The molecule has 0 amide bonds. The fourth-order valence-electron chi connectivity index (χ4n) is 4.74. The van der Waals surface area contributed by atoms with Crippen molar-refractivity contribution in [3.8, 4) is 5.75 Å². The van der Waals surface area contributed by atoms with Crippen LogP contribution in [-0.4, -0.2) is 9.72 Å². The highest BCUT2D eigenvalue weighted by atomic mass is 79.9. The summed E-state index contributed by atoms with van der Waals surface area (Å²) in [5.74, 6) is 0.428. The molecule has 0 aliphatic rings. The molecular formula is C30H28Br2FN2OP. The van der Waals surface area contributed by atoms with Gasteiger partial charge in [0.25, 0.3) is 0 Å². The average molecular weight is 642 g/mol. The molecular weight excluding hydrogens is 614 g/mol. The number of benzene rings is 4. The molecule has 5 rings (SSSR count). The molecule has 1 heterocycles. The van der Waals surface area contributed by atoms with Gasteiger partial charge in [-0.15, -0.1) is 0 Å². The molecule has 0 unspecified atom stereocenters. The maximum Gasteiger partial charge on any atom is 0.173 e. The highest BCUT2D eigenvalue weighted by Crippen LogP contribution is 2.63. The first-order valence-electron chi connectivity index (χ1n) is 12.2. The van der Waals surface area contributed by atoms with Crippen LogP contribution in [0.15, 0.2) is 98.6 Å². The largest absolute Gasteiger partial charge is 0.454 e. The molecule has 0 N–H and O–H groups in total. The molecule has 0 bridgehead atoms. The van der Waals surface area contributed by atoms with Crippen LogP contribution in [0.1, 0.15) is 27.7 Å². The molecule has 5 aromatic rings. The Morgan fingerprint density at radius 2 is 1.57 bits per heavy atom. The molecule has 0 spiro atoms. The highest BCUT2D eigenvalue weighted by molar-refractivity contribution is 9.11. The lowest BCUT2D eigenvalue weighted by molar-refractivity contribution is 0.568. The van der Waals surface area contributed by atoms with Crippen LogP contribution in [0.4, 0.5) is 10.1 Å². The van der Waals surface area contributed by atoms with Crippen LogP contribution < -0.4 is 9.83 Å². The Morgan fingerprint density at radius 1 is 0.865 bits per heavy atom. The van der Waals surface area contributed by atoms with Crippen LogP contribution in [0, 0.1) is 5.82 Å². The minimum absolute atomic E-state index is 0.288. The minimum Gasteiger partial charge on any atom is -0.454 e. The quantitative estimate of drug-likeness (QED) is 0.175. The summed E-state index contributed by atoms with van der Waals surface area (Å²) in [5, 5.41) is 3.05. The van der Waals surface area contributed by atoms with Gasteiger partial charge in [0.15, 0.2) is 7.28 Å². The molecule has 0 saturated heterocycles. The van der Waals surface area contributed by atoms with E-state index in [2.05, 4.69) is 107 Å². The van der Waals surface area contributed by atoms with E-state index in [4.69, 9.17) is 9.27 Å². The number of aromatic nitrogens is 1. The summed E-state index contributed by atoms with van der Waals surface area (Å²) >= 11 is 7.23. The fraction of sp³-hybridized carbons (Fsp3) is 0.200. The van der Waals surface area contributed by atoms with Crippen molar-refractivity contribution < 1.29 is 8.91 Å². The summed E-state index contributed by atoms with van der Waals surface area (Å²) in [7, 11) is -2.77. The monoisotopic (exact) mass is 640 g/mol. The van der Waals surface area contributed by atoms with Gasteiger partial charge in [-0.3, -0.25) is 0 Å². The number of halogens is 3. The summed E-state index contributed by atoms with van der Waals surface area (Å²) in [6.45, 7) is 9.55. The van der Waals surface area contributed by atoms with E-state index in [9.17, 15) is 4.39 Å². The molecule has 37 heavy (non-hydrogen) atoms. The Hall–Kier alpha value is -2.40. The van der Waals surface area contributed by atoms with Crippen molar-refractivity contribution in [3.05, 3.63) is 99.7 Å². The van der Waals surface area contributed by atoms with Gasteiger partial charge in [0, 0.05) is 43.3 Å². The Bertz CT molecular complexity index is 1670. The van der Waals surface area contributed by atoms with E-state index in [1.807, 2.05) is 18.2 Å². The topological polar surface area (TPSA) is 26.5 Å². The first-order valence-corrected chi connectivity index (χ1v) is 15.4. The number of para-hydroxylation sites is 1. The molecule has 0 saturated carbocycles. The van der Waals surface area contributed by atoms with E-state index in [-0.39, 0.29) is 11.0 Å². The lowest BCUT2D eigenvalue weighted by Crippen LogP contribution is -2.27. The van der Waals surface area contributed by atoms with E-state index < -0.39 is 7.28 Å². The van der Waals surface area contributed by atoms with Gasteiger partial charge < -0.3 is 9.09 Å². The Morgan fingerprint density at radius 3 is 2.24 bits per heavy atom. The van der Waals surface area contributed by atoms with Crippen molar-refractivity contribution in [2.24, 2.45) is 4.74 Å². The minimum atomic E-state index is -2.77. The normalized spacial score (nSPS) is 13.6. The third kappa shape index (κ3) is 4.80. The van der Waals surface area contributed by atoms with Gasteiger partial charge in [0.1, 0.15) is 11.6 Å². The molecule has 0 fully saturated rings. The Kier molecular flexibility index (Phi) is 7.12. The number of hydrogen-bond donors (Lipinski definition) is 0. The molecule has 0 radical (unpaired) electrons. The van der Waals surface area contributed by atoms with Gasteiger partial charge in [-0.2, -0.15) is 0 Å². The maximum atomic E-state index is 13.8. The highest BCUT2D eigenvalue weighted by Gasteiger charge is 2.39. The van der Waals surface area contributed by atoms with Crippen LogP contribution >= 0.6 is 39.1 Å². The molecule has 190 valence electrons. The lowest BCUT2D eigenvalue weighted by atomic mass is 10.1. The second-order valence-corrected chi connectivity index (χ2v) is 15.1. The van der Waals surface area contributed by atoms with Crippen LogP contribution in [0.5, 0.6) is 5.75 Å². The van der Waals surface area contributed by atoms with E-state index in [1.54, 1.807) is 12.1 Å². The molecule has 0 aliphatic carbocycles. The van der Waals surface area contributed by atoms with Crippen molar-refractivity contribution in [3.63, 3.8) is 0 Å². The zero-order valence-corrected chi connectivity index (χ0v) is 25.2. The Balaban J connectivity index is 1.85. The van der Waals surface area contributed by atoms with Crippen molar-refractivity contribution in [1.29, 1.82) is 0 Å². The second-order valence-electron chi connectivity index (χ2n) is 9.95. The summed E-state index contributed by atoms with van der Waals surface area (Å²) in [6.07, 6.45) is 0. The van der Waals surface area contributed by atoms with Gasteiger partial charge in [-0.05, 0) is 89.6 Å². The van der Waals surface area contributed by atoms with Gasteiger partial charge in [0.05, 0.1) is 10.2 Å². The van der Waals surface area contributed by atoms with Crippen LogP contribution in [-0.2, 0) is 6.54 Å². The molecule has 3 nitrogen and oxygen atoms in total. The molecule has 1 aromatic heterocycles. The SMILES string of the molecule is CCn1c2ccccc2c2cc([P@@](=Nc3ccc(F)cc3)(Oc3ccc(Br)cc3Br)C(C)(C)C)ccc21. The van der Waals surface area contributed by atoms with Crippen molar-refractivity contribution in [2.45, 2.75) is 39.4 Å². The van der Waals surface area contributed by atoms with Gasteiger partial charge >= 0.3 is 0 Å². The third-order valence-electron chi connectivity index (χ3n) is 6.54. The zero-order chi connectivity index (χ0) is 26.4. The first kappa shape index (κ1) is 26.2. The summed E-state index contributed by atoms with van der Waals surface area (Å²) < 4.78 is 30.3. The predicted octanol–water partition coefficient (Wildman–Crippen LogP) is 10.4. The van der Waals surface area contributed by atoms with Gasteiger partial charge in [-0.25, -0.2) is 9.14 Å². The van der Waals surface area contributed by atoms with Crippen LogP contribution in [0.2, 0.25) is 0 Å². The Labute approximate surface area is 234 Å². The maximum absolute atomic E-state index is 13.8. The van der Waals surface area contributed by atoms with Crippen molar-refractivity contribution >= 4 is 71.9 Å². The lowest BCUT2D eigenvalue weighted by Gasteiger charge is -2.37. The zero-order valence-electron chi connectivity index (χ0n) is 21.2. The van der Waals surface area contributed by atoms with Crippen molar-refractivity contribution in [1.82, 2.24) is 4.57 Å². The van der Waals surface area contributed by atoms with E-state index in [0.29, 0.717) is 11.4 Å². The molecule has 0 aliphatic heterocycles. The first-order chi connectivity index (χ1) is 17.6.